The minimum atomic E-state index is -0.809. The topological polar surface area (TPSA) is 35.5 Å². The molecule has 1 aliphatic rings. The Morgan fingerprint density at radius 3 is 2.21 bits per heavy atom. The second-order valence-electron chi connectivity index (χ2n) is 5.57. The lowest BCUT2D eigenvalue weighted by Gasteiger charge is -2.32. The maximum absolute atomic E-state index is 14.3. The van der Waals surface area contributed by atoms with E-state index in [0.717, 1.165) is 0 Å². The Balaban J connectivity index is 2.43. The van der Waals surface area contributed by atoms with Gasteiger partial charge in [-0.1, -0.05) is 6.07 Å². The van der Waals surface area contributed by atoms with Gasteiger partial charge in [-0.15, -0.1) is 0 Å². The van der Waals surface area contributed by atoms with E-state index in [9.17, 15) is 9.18 Å². The lowest BCUT2D eigenvalue weighted by molar-refractivity contribution is 0.00578. The van der Waals surface area contributed by atoms with Gasteiger partial charge in [0, 0.05) is 9.94 Å². The number of aldehydes is 1. The van der Waals surface area contributed by atoms with Crippen LogP contribution in [-0.4, -0.2) is 24.6 Å². The first-order chi connectivity index (χ1) is 8.69. The third kappa shape index (κ3) is 2.37. The van der Waals surface area contributed by atoms with Crippen LogP contribution >= 0.6 is 15.9 Å². The van der Waals surface area contributed by atoms with Gasteiger partial charge in [-0.05, 0) is 49.7 Å². The molecule has 2 rings (SSSR count). The fourth-order valence-electron chi connectivity index (χ4n) is 1.85. The van der Waals surface area contributed by atoms with Gasteiger partial charge in [-0.2, -0.15) is 0 Å². The van der Waals surface area contributed by atoms with Crippen molar-refractivity contribution < 1.29 is 18.5 Å². The molecule has 0 atom stereocenters. The Morgan fingerprint density at radius 1 is 1.21 bits per heavy atom. The molecule has 0 bridgehead atoms. The average Bonchev–Trinajstić information content (AvgIpc) is 2.48. The summed E-state index contributed by atoms with van der Waals surface area (Å²) in [6.07, 6.45) is 0.480. The molecule has 1 aromatic carbocycles. The minimum absolute atomic E-state index is 0.0211. The molecule has 6 heteroatoms. The van der Waals surface area contributed by atoms with Gasteiger partial charge in [-0.25, -0.2) is 4.39 Å². The number of hydrogen-bond donors (Lipinski definition) is 0. The zero-order valence-electron chi connectivity index (χ0n) is 11.3. The molecule has 0 amide bonds. The maximum Gasteiger partial charge on any atom is 0.497 e. The van der Waals surface area contributed by atoms with Crippen LogP contribution in [0.3, 0.4) is 0 Å². The van der Waals surface area contributed by atoms with Gasteiger partial charge in [0.2, 0.25) is 0 Å². The molecule has 19 heavy (non-hydrogen) atoms. The highest BCUT2D eigenvalue weighted by atomic mass is 79.9. The van der Waals surface area contributed by atoms with Crippen molar-refractivity contribution in [2.24, 2.45) is 0 Å². The molecule has 0 aromatic heterocycles. The number of carbonyl (C=O) groups is 1. The standard InChI is InChI=1S/C13H15BBrFO3/c1-12(2)13(3,4)19-14(18-12)9-5-6-10(15)8(7-17)11(9)16/h5-7H,1-4H3. The van der Waals surface area contributed by atoms with E-state index in [1.54, 1.807) is 12.1 Å². The van der Waals surface area contributed by atoms with Crippen molar-refractivity contribution in [3.05, 3.63) is 28.0 Å². The first-order valence-electron chi connectivity index (χ1n) is 5.98. The molecule has 0 N–H and O–H groups in total. The van der Waals surface area contributed by atoms with E-state index in [4.69, 9.17) is 9.31 Å². The Hall–Kier alpha value is -0.715. The summed E-state index contributed by atoms with van der Waals surface area (Å²) >= 11 is 3.14. The van der Waals surface area contributed by atoms with Crippen LogP contribution in [0.5, 0.6) is 0 Å². The van der Waals surface area contributed by atoms with E-state index >= 15 is 0 Å². The van der Waals surface area contributed by atoms with E-state index in [2.05, 4.69) is 15.9 Å². The lowest BCUT2D eigenvalue weighted by atomic mass is 9.78. The molecule has 1 aliphatic heterocycles. The molecular formula is C13H15BBrFO3. The second kappa shape index (κ2) is 4.68. The normalized spacial score (nSPS) is 20.6. The summed E-state index contributed by atoms with van der Waals surface area (Å²) in [7, 11) is -0.809. The monoisotopic (exact) mass is 328 g/mol. The number of benzene rings is 1. The third-order valence-corrected chi connectivity index (χ3v) is 4.47. The van der Waals surface area contributed by atoms with Gasteiger partial charge >= 0.3 is 7.12 Å². The quantitative estimate of drug-likeness (QED) is 0.618. The maximum atomic E-state index is 14.3. The van der Waals surface area contributed by atoms with Crippen molar-refractivity contribution in [1.82, 2.24) is 0 Å². The summed E-state index contributed by atoms with van der Waals surface area (Å²) in [5.74, 6) is -0.608. The Morgan fingerprint density at radius 2 is 1.74 bits per heavy atom. The number of hydrogen-bond acceptors (Lipinski definition) is 3. The minimum Gasteiger partial charge on any atom is -0.399 e. The third-order valence-electron chi connectivity index (χ3n) is 3.78. The van der Waals surface area contributed by atoms with Crippen LogP contribution in [0.2, 0.25) is 0 Å². The Labute approximate surface area is 120 Å². The van der Waals surface area contributed by atoms with Crippen LogP contribution in [0.4, 0.5) is 4.39 Å². The zero-order chi connectivity index (χ0) is 14.4. The molecule has 1 saturated heterocycles. The van der Waals surface area contributed by atoms with Gasteiger partial charge in [-0.3, -0.25) is 4.79 Å². The lowest BCUT2D eigenvalue weighted by Crippen LogP contribution is -2.41. The summed E-state index contributed by atoms with van der Waals surface area (Å²) in [6.45, 7) is 7.57. The Kier molecular flexibility index (Phi) is 3.62. The molecule has 1 fully saturated rings. The molecule has 0 spiro atoms. The highest BCUT2D eigenvalue weighted by Crippen LogP contribution is 2.36. The molecule has 1 aromatic rings. The molecule has 1 heterocycles. The van der Waals surface area contributed by atoms with E-state index in [-0.39, 0.29) is 11.0 Å². The fraction of sp³-hybridized carbons (Fsp3) is 0.462. The van der Waals surface area contributed by atoms with Crippen LogP contribution in [0.1, 0.15) is 38.1 Å². The Bertz CT molecular complexity index is 515. The molecule has 0 radical (unpaired) electrons. The number of rotatable bonds is 2. The van der Waals surface area contributed by atoms with E-state index in [1.165, 1.54) is 0 Å². The van der Waals surface area contributed by atoms with Crippen molar-refractivity contribution in [2.75, 3.05) is 0 Å². The first-order valence-corrected chi connectivity index (χ1v) is 6.77. The van der Waals surface area contributed by atoms with Crippen molar-refractivity contribution in [3.8, 4) is 0 Å². The van der Waals surface area contributed by atoms with E-state index < -0.39 is 24.1 Å². The SMILES string of the molecule is CC1(C)OB(c2ccc(Br)c(C=O)c2F)OC1(C)C. The summed E-state index contributed by atoms with van der Waals surface area (Å²) in [4.78, 5) is 10.9. The van der Waals surface area contributed by atoms with Crippen molar-refractivity contribution in [2.45, 2.75) is 38.9 Å². The predicted molar refractivity (Wildman–Crippen MR) is 75.2 cm³/mol. The molecule has 0 saturated carbocycles. The van der Waals surface area contributed by atoms with Gasteiger partial charge in [0.05, 0.1) is 16.8 Å². The summed E-state index contributed by atoms with van der Waals surface area (Å²) < 4.78 is 26.2. The fourth-order valence-corrected chi connectivity index (χ4v) is 2.25. The van der Waals surface area contributed by atoms with Crippen LogP contribution < -0.4 is 5.46 Å². The van der Waals surface area contributed by atoms with Crippen molar-refractivity contribution >= 4 is 34.8 Å². The second-order valence-corrected chi connectivity index (χ2v) is 6.42. The summed E-state index contributed by atoms with van der Waals surface area (Å²) in [5, 5.41) is 0. The molecule has 0 unspecified atom stereocenters. The first kappa shape index (κ1) is 14.7. The van der Waals surface area contributed by atoms with Crippen molar-refractivity contribution in [1.29, 1.82) is 0 Å². The number of carbonyl (C=O) groups excluding carboxylic acids is 1. The average molecular weight is 329 g/mol. The van der Waals surface area contributed by atoms with Crippen molar-refractivity contribution in [3.63, 3.8) is 0 Å². The number of halogens is 2. The molecule has 3 nitrogen and oxygen atoms in total. The van der Waals surface area contributed by atoms with E-state index in [1.807, 2.05) is 27.7 Å². The van der Waals surface area contributed by atoms with Gasteiger partial charge in [0.1, 0.15) is 5.82 Å². The zero-order valence-corrected chi connectivity index (χ0v) is 12.9. The predicted octanol–water partition coefficient (Wildman–Crippen LogP) is 2.70. The van der Waals surface area contributed by atoms with E-state index in [0.29, 0.717) is 10.8 Å². The highest BCUT2D eigenvalue weighted by Gasteiger charge is 2.52. The molecule has 0 aliphatic carbocycles. The molecule has 102 valence electrons. The largest absolute Gasteiger partial charge is 0.497 e. The van der Waals surface area contributed by atoms with Gasteiger partial charge < -0.3 is 9.31 Å². The van der Waals surface area contributed by atoms with Crippen LogP contribution in [-0.2, 0) is 9.31 Å². The summed E-state index contributed by atoms with van der Waals surface area (Å²) in [6, 6.07) is 3.18. The van der Waals surface area contributed by atoms with Crippen LogP contribution in [0, 0.1) is 5.82 Å². The highest BCUT2D eigenvalue weighted by molar-refractivity contribution is 9.10. The van der Waals surface area contributed by atoms with Crippen LogP contribution in [0.15, 0.2) is 16.6 Å². The summed E-state index contributed by atoms with van der Waals surface area (Å²) in [5.41, 5.74) is -0.868. The van der Waals surface area contributed by atoms with Gasteiger partial charge in [0.25, 0.3) is 0 Å². The smallest absolute Gasteiger partial charge is 0.399 e. The van der Waals surface area contributed by atoms with Gasteiger partial charge in [0.15, 0.2) is 6.29 Å². The molecular weight excluding hydrogens is 314 g/mol. The van der Waals surface area contributed by atoms with Crippen LogP contribution in [0.25, 0.3) is 0 Å².